The minimum Gasteiger partial charge on any atom is -0.492 e. The Bertz CT molecular complexity index is 605. The number of rotatable bonds is 8. The number of nitrogens with zero attached hydrogens (tertiary/aromatic N) is 1. The van der Waals surface area contributed by atoms with E-state index < -0.39 is 0 Å². The smallest absolute Gasteiger partial charge is 0.231 e. The molecule has 0 aliphatic carbocycles. The molecule has 3 N–H and O–H groups in total. The fourth-order valence-corrected chi connectivity index (χ4v) is 3.23. The van der Waals surface area contributed by atoms with Crippen molar-refractivity contribution in [1.82, 2.24) is 10.2 Å². The summed E-state index contributed by atoms with van der Waals surface area (Å²) in [5.74, 6) is 0.260. The maximum Gasteiger partial charge on any atom is 0.231 e. The second kappa shape index (κ2) is 9.85. The summed E-state index contributed by atoms with van der Waals surface area (Å²) in [6, 6.07) is 5.20. The van der Waals surface area contributed by atoms with Gasteiger partial charge in [-0.1, -0.05) is 23.2 Å². The lowest BCUT2D eigenvalue weighted by Crippen LogP contribution is -2.46. The Morgan fingerprint density at radius 1 is 1.28 bits per heavy atom. The molecule has 1 aromatic carbocycles. The number of ether oxygens (including phenoxy) is 1. The van der Waals surface area contributed by atoms with Crippen LogP contribution < -0.4 is 15.8 Å². The van der Waals surface area contributed by atoms with Gasteiger partial charge in [-0.15, -0.1) is 0 Å². The second-order valence-electron chi connectivity index (χ2n) is 6.11. The summed E-state index contributed by atoms with van der Waals surface area (Å²) in [5.41, 5.74) is 5.19. The van der Waals surface area contributed by atoms with Crippen LogP contribution in [-0.4, -0.2) is 49.0 Å². The van der Waals surface area contributed by atoms with E-state index in [4.69, 9.17) is 33.7 Å². The molecule has 6 nitrogen and oxygen atoms in total. The number of piperidine rings is 1. The number of benzene rings is 1. The van der Waals surface area contributed by atoms with Gasteiger partial charge in [0, 0.05) is 30.6 Å². The van der Waals surface area contributed by atoms with Crippen molar-refractivity contribution in [2.24, 2.45) is 5.73 Å². The number of halogens is 2. The van der Waals surface area contributed by atoms with Crippen LogP contribution in [0, 0.1) is 0 Å². The fraction of sp³-hybridized carbons (Fsp3) is 0.529. The van der Waals surface area contributed by atoms with Gasteiger partial charge >= 0.3 is 0 Å². The molecular weight excluding hydrogens is 365 g/mol. The third-order valence-electron chi connectivity index (χ3n) is 4.03. The average Bonchev–Trinajstić information content (AvgIpc) is 2.54. The average molecular weight is 388 g/mol. The van der Waals surface area contributed by atoms with Gasteiger partial charge in [-0.05, 0) is 37.5 Å². The van der Waals surface area contributed by atoms with Gasteiger partial charge in [0.1, 0.15) is 5.75 Å². The van der Waals surface area contributed by atoms with Gasteiger partial charge < -0.3 is 15.8 Å². The molecule has 1 aromatic rings. The lowest BCUT2D eigenvalue weighted by Gasteiger charge is -2.31. The van der Waals surface area contributed by atoms with Gasteiger partial charge in [0.25, 0.3) is 0 Å². The molecule has 138 valence electrons. The zero-order chi connectivity index (χ0) is 18.2. The molecule has 25 heavy (non-hydrogen) atoms. The van der Waals surface area contributed by atoms with Crippen molar-refractivity contribution >= 4 is 35.0 Å². The molecule has 0 bridgehead atoms. The summed E-state index contributed by atoms with van der Waals surface area (Å²) in [5, 5.41) is 4.04. The highest BCUT2D eigenvalue weighted by molar-refractivity contribution is 6.35. The molecule has 1 fully saturated rings. The van der Waals surface area contributed by atoms with E-state index >= 15 is 0 Å². The third-order valence-corrected chi connectivity index (χ3v) is 4.56. The standard InChI is InChI=1S/C17H23Cl2N3O3/c18-12-3-4-15(14(19)10-12)25-9-1-2-17(24)21-13-5-7-22(8-6-13)11-16(20)23/h3-4,10,13H,1-2,5-9,11H2,(H2,20,23)(H,21,24). The van der Waals surface area contributed by atoms with E-state index in [1.54, 1.807) is 18.2 Å². The highest BCUT2D eigenvalue weighted by Gasteiger charge is 2.21. The van der Waals surface area contributed by atoms with E-state index in [1.807, 2.05) is 4.90 Å². The van der Waals surface area contributed by atoms with E-state index in [-0.39, 0.29) is 24.4 Å². The highest BCUT2D eigenvalue weighted by Crippen LogP contribution is 2.27. The summed E-state index contributed by atoms with van der Waals surface area (Å²) in [7, 11) is 0. The lowest BCUT2D eigenvalue weighted by molar-refractivity contribution is -0.123. The zero-order valence-electron chi connectivity index (χ0n) is 14.0. The van der Waals surface area contributed by atoms with E-state index in [0.29, 0.717) is 35.2 Å². The fourth-order valence-electron chi connectivity index (χ4n) is 2.76. The summed E-state index contributed by atoms with van der Waals surface area (Å²) >= 11 is 11.8. The Balaban J connectivity index is 1.60. The van der Waals surface area contributed by atoms with Gasteiger partial charge in [0.15, 0.2) is 0 Å². The van der Waals surface area contributed by atoms with Gasteiger partial charge in [0.2, 0.25) is 11.8 Å². The Hall–Kier alpha value is -1.50. The van der Waals surface area contributed by atoms with Crippen molar-refractivity contribution in [1.29, 1.82) is 0 Å². The minimum absolute atomic E-state index is 0.0131. The predicted molar refractivity (Wildman–Crippen MR) is 98.0 cm³/mol. The molecule has 1 heterocycles. The van der Waals surface area contributed by atoms with Crippen LogP contribution in [0.1, 0.15) is 25.7 Å². The number of likely N-dealkylation sites (tertiary alicyclic amines) is 1. The molecule has 0 spiro atoms. The first kappa shape index (κ1) is 19.8. The number of amides is 2. The molecule has 1 saturated heterocycles. The van der Waals surface area contributed by atoms with E-state index in [2.05, 4.69) is 5.32 Å². The van der Waals surface area contributed by atoms with Crippen LogP contribution in [0.3, 0.4) is 0 Å². The van der Waals surface area contributed by atoms with Gasteiger partial charge in [-0.3, -0.25) is 14.5 Å². The van der Waals surface area contributed by atoms with E-state index in [0.717, 1.165) is 25.9 Å². The number of nitrogens with two attached hydrogens (primary N) is 1. The summed E-state index contributed by atoms with van der Waals surface area (Å²) in [4.78, 5) is 24.9. The quantitative estimate of drug-likeness (QED) is 0.669. The first-order valence-corrected chi connectivity index (χ1v) is 9.07. The number of hydrogen-bond donors (Lipinski definition) is 2. The molecule has 2 amide bonds. The molecule has 8 heteroatoms. The van der Waals surface area contributed by atoms with Gasteiger partial charge in [-0.25, -0.2) is 0 Å². The van der Waals surface area contributed by atoms with Crippen molar-refractivity contribution in [2.45, 2.75) is 31.7 Å². The number of carbonyl (C=O) groups excluding carboxylic acids is 2. The maximum atomic E-state index is 12.0. The van der Waals surface area contributed by atoms with E-state index in [9.17, 15) is 9.59 Å². The number of nitrogens with one attached hydrogen (secondary N) is 1. The molecule has 0 radical (unpaired) electrons. The molecule has 0 atom stereocenters. The molecule has 0 aromatic heterocycles. The minimum atomic E-state index is -0.316. The van der Waals surface area contributed by atoms with Crippen molar-refractivity contribution < 1.29 is 14.3 Å². The first-order valence-electron chi connectivity index (χ1n) is 8.32. The first-order chi connectivity index (χ1) is 11.9. The van der Waals surface area contributed by atoms with Crippen molar-refractivity contribution in [2.75, 3.05) is 26.2 Å². The molecule has 1 aliphatic heterocycles. The van der Waals surface area contributed by atoms with Crippen LogP contribution >= 0.6 is 23.2 Å². The van der Waals surface area contributed by atoms with Crippen LogP contribution in [0.2, 0.25) is 10.0 Å². The maximum absolute atomic E-state index is 12.0. The molecular formula is C17H23Cl2N3O3. The van der Waals surface area contributed by atoms with Gasteiger partial charge in [-0.2, -0.15) is 0 Å². The second-order valence-corrected chi connectivity index (χ2v) is 6.95. The SMILES string of the molecule is NC(=O)CN1CCC(NC(=O)CCCOc2ccc(Cl)cc2Cl)CC1. The number of carbonyl (C=O) groups is 2. The molecule has 1 aliphatic rings. The van der Waals surface area contributed by atoms with Crippen LogP contribution in [0.25, 0.3) is 0 Å². The number of primary amides is 1. The van der Waals surface area contributed by atoms with Crippen molar-refractivity contribution in [3.63, 3.8) is 0 Å². The topological polar surface area (TPSA) is 84.7 Å². The summed E-state index contributed by atoms with van der Waals surface area (Å²) in [6.45, 7) is 2.23. The zero-order valence-corrected chi connectivity index (χ0v) is 15.5. The van der Waals surface area contributed by atoms with E-state index in [1.165, 1.54) is 0 Å². The normalized spacial score (nSPS) is 15.8. The largest absolute Gasteiger partial charge is 0.492 e. The van der Waals surface area contributed by atoms with Crippen molar-refractivity contribution in [3.8, 4) is 5.75 Å². The highest BCUT2D eigenvalue weighted by atomic mass is 35.5. The molecule has 0 saturated carbocycles. The van der Waals surface area contributed by atoms with Crippen LogP contribution in [0.15, 0.2) is 18.2 Å². The monoisotopic (exact) mass is 387 g/mol. The van der Waals surface area contributed by atoms with Crippen LogP contribution in [-0.2, 0) is 9.59 Å². The Kier molecular flexibility index (Phi) is 7.81. The van der Waals surface area contributed by atoms with Gasteiger partial charge in [0.05, 0.1) is 18.2 Å². The van der Waals surface area contributed by atoms with Crippen LogP contribution in [0.4, 0.5) is 0 Å². The van der Waals surface area contributed by atoms with Crippen molar-refractivity contribution in [3.05, 3.63) is 28.2 Å². The molecule has 2 rings (SSSR count). The Morgan fingerprint density at radius 2 is 2.00 bits per heavy atom. The summed E-state index contributed by atoms with van der Waals surface area (Å²) in [6.07, 6.45) is 2.66. The third kappa shape index (κ3) is 7.10. The number of hydrogen-bond acceptors (Lipinski definition) is 4. The Morgan fingerprint density at radius 3 is 2.64 bits per heavy atom. The Labute approximate surface area is 157 Å². The predicted octanol–water partition coefficient (Wildman–Crippen LogP) is 2.22. The molecule has 0 unspecified atom stereocenters. The summed E-state index contributed by atoms with van der Waals surface area (Å²) < 4.78 is 5.56. The lowest BCUT2D eigenvalue weighted by atomic mass is 10.0. The van der Waals surface area contributed by atoms with Crippen LogP contribution in [0.5, 0.6) is 5.75 Å².